The lowest BCUT2D eigenvalue weighted by Gasteiger charge is -2.07. The molecule has 0 aliphatic rings. The van der Waals surface area contributed by atoms with Crippen LogP contribution in [0.5, 0.6) is 0 Å². The number of nitro groups is 1. The number of nitrogens with zero attached hydrogens (tertiary/aromatic N) is 1. The molecule has 1 aromatic heterocycles. The van der Waals surface area contributed by atoms with Crippen LogP contribution in [-0.4, -0.2) is 28.2 Å². The molecule has 0 aliphatic heterocycles. The van der Waals surface area contributed by atoms with Crippen molar-refractivity contribution in [3.63, 3.8) is 0 Å². The van der Waals surface area contributed by atoms with E-state index >= 15 is 0 Å². The Balaban J connectivity index is 2.56. The van der Waals surface area contributed by atoms with Crippen molar-refractivity contribution in [1.82, 2.24) is 10.3 Å². The standard InChI is InChI=1S/C9H12ClN3O3/c1-6(3-10)4-12-9(14)8-2-7(5-11-8)13(15)16/h2,5-6,11H,3-4H2,1H3,(H,12,14). The minimum atomic E-state index is -0.561. The molecule has 1 aromatic rings. The third-order valence-corrected chi connectivity index (χ3v) is 2.52. The second-order valence-corrected chi connectivity index (χ2v) is 3.81. The number of carbonyl (C=O) groups is 1. The van der Waals surface area contributed by atoms with Gasteiger partial charge in [-0.2, -0.15) is 0 Å². The summed E-state index contributed by atoms with van der Waals surface area (Å²) in [6.07, 6.45) is 1.18. The first kappa shape index (κ1) is 12.5. The zero-order valence-electron chi connectivity index (χ0n) is 8.70. The fourth-order valence-corrected chi connectivity index (χ4v) is 1.15. The molecule has 0 radical (unpaired) electrons. The molecule has 0 fully saturated rings. The van der Waals surface area contributed by atoms with Crippen molar-refractivity contribution in [2.24, 2.45) is 5.92 Å². The van der Waals surface area contributed by atoms with E-state index in [9.17, 15) is 14.9 Å². The number of hydrogen-bond donors (Lipinski definition) is 2. The number of nitrogens with one attached hydrogen (secondary N) is 2. The lowest BCUT2D eigenvalue weighted by Crippen LogP contribution is -2.29. The number of aromatic nitrogens is 1. The minimum absolute atomic E-state index is 0.129. The number of hydrogen-bond acceptors (Lipinski definition) is 3. The van der Waals surface area contributed by atoms with Crippen LogP contribution in [0.3, 0.4) is 0 Å². The molecule has 0 spiro atoms. The van der Waals surface area contributed by atoms with Gasteiger partial charge in [0.2, 0.25) is 0 Å². The Bertz CT molecular complexity index is 391. The first-order valence-electron chi connectivity index (χ1n) is 4.71. The Morgan fingerprint density at radius 1 is 1.75 bits per heavy atom. The smallest absolute Gasteiger partial charge is 0.287 e. The number of carbonyl (C=O) groups excluding carboxylic acids is 1. The zero-order chi connectivity index (χ0) is 12.1. The van der Waals surface area contributed by atoms with Crippen molar-refractivity contribution in [3.8, 4) is 0 Å². The average Bonchev–Trinajstić information content (AvgIpc) is 2.74. The maximum Gasteiger partial charge on any atom is 0.287 e. The Kier molecular flexibility index (Phi) is 4.30. The first-order chi connectivity index (χ1) is 7.54. The first-order valence-corrected chi connectivity index (χ1v) is 5.25. The predicted octanol–water partition coefficient (Wildman–Crippen LogP) is 1.53. The summed E-state index contributed by atoms with van der Waals surface area (Å²) in [4.78, 5) is 23.9. The van der Waals surface area contributed by atoms with Gasteiger partial charge in [-0.1, -0.05) is 6.92 Å². The van der Waals surface area contributed by atoms with Gasteiger partial charge in [0.1, 0.15) is 5.69 Å². The highest BCUT2D eigenvalue weighted by Crippen LogP contribution is 2.11. The quantitative estimate of drug-likeness (QED) is 0.468. The van der Waals surface area contributed by atoms with E-state index in [1.165, 1.54) is 12.3 Å². The van der Waals surface area contributed by atoms with E-state index in [1.807, 2.05) is 6.92 Å². The molecule has 1 amide bonds. The van der Waals surface area contributed by atoms with Crippen LogP contribution in [0.2, 0.25) is 0 Å². The van der Waals surface area contributed by atoms with E-state index in [4.69, 9.17) is 11.6 Å². The fraction of sp³-hybridized carbons (Fsp3) is 0.444. The molecule has 0 aliphatic carbocycles. The molecule has 0 bridgehead atoms. The number of H-pyrrole nitrogens is 1. The van der Waals surface area contributed by atoms with E-state index in [2.05, 4.69) is 10.3 Å². The lowest BCUT2D eigenvalue weighted by molar-refractivity contribution is -0.384. The van der Waals surface area contributed by atoms with Gasteiger partial charge < -0.3 is 10.3 Å². The molecule has 6 nitrogen and oxygen atoms in total. The average molecular weight is 246 g/mol. The number of amides is 1. The summed E-state index contributed by atoms with van der Waals surface area (Å²) in [7, 11) is 0. The van der Waals surface area contributed by atoms with Crippen molar-refractivity contribution in [1.29, 1.82) is 0 Å². The van der Waals surface area contributed by atoms with Crippen LogP contribution in [0.1, 0.15) is 17.4 Å². The van der Waals surface area contributed by atoms with Crippen LogP contribution < -0.4 is 5.32 Å². The van der Waals surface area contributed by atoms with Gasteiger partial charge in [0, 0.05) is 18.5 Å². The predicted molar refractivity (Wildman–Crippen MR) is 59.7 cm³/mol. The number of rotatable bonds is 5. The molecule has 1 unspecified atom stereocenters. The third-order valence-electron chi connectivity index (χ3n) is 2.00. The van der Waals surface area contributed by atoms with Crippen molar-refractivity contribution < 1.29 is 9.72 Å². The molecule has 1 rings (SSSR count). The van der Waals surface area contributed by atoms with E-state index in [1.54, 1.807) is 0 Å². The van der Waals surface area contributed by atoms with Crippen molar-refractivity contribution >= 4 is 23.2 Å². The van der Waals surface area contributed by atoms with E-state index < -0.39 is 4.92 Å². The summed E-state index contributed by atoms with van der Waals surface area (Å²) in [5.74, 6) is 0.242. The van der Waals surface area contributed by atoms with Gasteiger partial charge in [-0.05, 0) is 5.92 Å². The molecule has 1 atom stereocenters. The van der Waals surface area contributed by atoms with Gasteiger partial charge in [-0.3, -0.25) is 14.9 Å². The van der Waals surface area contributed by atoms with E-state index in [-0.39, 0.29) is 23.2 Å². The largest absolute Gasteiger partial charge is 0.351 e. The van der Waals surface area contributed by atoms with Crippen LogP contribution in [0.15, 0.2) is 12.3 Å². The molecule has 0 aromatic carbocycles. The maximum atomic E-state index is 11.5. The van der Waals surface area contributed by atoms with Crippen LogP contribution >= 0.6 is 11.6 Å². The van der Waals surface area contributed by atoms with Crippen molar-refractivity contribution in [2.75, 3.05) is 12.4 Å². The SMILES string of the molecule is CC(CCl)CNC(=O)c1cc([N+](=O)[O-])c[nH]1. The molecular weight excluding hydrogens is 234 g/mol. The lowest BCUT2D eigenvalue weighted by atomic mass is 10.2. The van der Waals surface area contributed by atoms with Gasteiger partial charge in [0.05, 0.1) is 11.1 Å². The van der Waals surface area contributed by atoms with Gasteiger partial charge in [-0.25, -0.2) is 0 Å². The van der Waals surface area contributed by atoms with Gasteiger partial charge >= 0.3 is 0 Å². The second kappa shape index (κ2) is 5.50. The van der Waals surface area contributed by atoms with Crippen LogP contribution in [0.4, 0.5) is 5.69 Å². The highest BCUT2D eigenvalue weighted by molar-refractivity contribution is 6.18. The van der Waals surface area contributed by atoms with Crippen molar-refractivity contribution in [3.05, 3.63) is 28.1 Å². The number of halogens is 1. The molecule has 88 valence electrons. The summed E-state index contributed by atoms with van der Waals surface area (Å²) < 4.78 is 0. The molecular formula is C9H12ClN3O3. The summed E-state index contributed by atoms with van der Waals surface area (Å²) in [6, 6.07) is 1.20. The summed E-state index contributed by atoms with van der Waals surface area (Å²) in [6.45, 7) is 2.33. The monoisotopic (exact) mass is 245 g/mol. The minimum Gasteiger partial charge on any atom is -0.351 e. The number of alkyl halides is 1. The topological polar surface area (TPSA) is 88.0 Å². The maximum absolute atomic E-state index is 11.5. The molecule has 16 heavy (non-hydrogen) atoms. The highest BCUT2D eigenvalue weighted by atomic mass is 35.5. The second-order valence-electron chi connectivity index (χ2n) is 3.50. The molecule has 0 saturated carbocycles. The van der Waals surface area contributed by atoms with Crippen LogP contribution in [0, 0.1) is 16.0 Å². The molecule has 1 heterocycles. The van der Waals surface area contributed by atoms with E-state index in [0.717, 1.165) is 0 Å². The van der Waals surface area contributed by atoms with Gasteiger partial charge in [0.25, 0.3) is 11.6 Å². The molecule has 7 heteroatoms. The van der Waals surface area contributed by atoms with E-state index in [0.29, 0.717) is 12.4 Å². The normalized spacial score (nSPS) is 12.1. The van der Waals surface area contributed by atoms with Crippen LogP contribution in [-0.2, 0) is 0 Å². The number of aromatic amines is 1. The summed E-state index contributed by atoms with van der Waals surface area (Å²) in [5, 5.41) is 13.0. The van der Waals surface area contributed by atoms with Crippen molar-refractivity contribution in [2.45, 2.75) is 6.92 Å². The third kappa shape index (κ3) is 3.23. The summed E-state index contributed by atoms with van der Waals surface area (Å²) >= 11 is 5.58. The van der Waals surface area contributed by atoms with Gasteiger partial charge in [0.15, 0.2) is 0 Å². The Morgan fingerprint density at radius 3 is 2.94 bits per heavy atom. The Hall–Kier alpha value is -1.56. The Morgan fingerprint density at radius 2 is 2.44 bits per heavy atom. The van der Waals surface area contributed by atoms with Crippen LogP contribution in [0.25, 0.3) is 0 Å². The summed E-state index contributed by atoms with van der Waals surface area (Å²) in [5.41, 5.74) is 0.0454. The molecule has 2 N–H and O–H groups in total. The highest BCUT2D eigenvalue weighted by Gasteiger charge is 2.14. The Labute approximate surface area is 97.1 Å². The van der Waals surface area contributed by atoms with Gasteiger partial charge in [-0.15, -0.1) is 11.6 Å². The molecule has 0 saturated heterocycles. The zero-order valence-corrected chi connectivity index (χ0v) is 9.45. The fourth-order valence-electron chi connectivity index (χ4n) is 1.04.